The average molecular weight is 383 g/mol. The molecule has 0 saturated carbocycles. The number of hydroxylamine groups is 1. The second-order valence-electron chi connectivity index (χ2n) is 5.43. The van der Waals surface area contributed by atoms with Crippen LogP contribution in [0, 0.1) is 6.92 Å². The number of amides is 2. The maximum atomic E-state index is 12.3. The lowest BCUT2D eigenvalue weighted by molar-refractivity contribution is -0.0258. The van der Waals surface area contributed by atoms with Crippen molar-refractivity contribution in [3.05, 3.63) is 46.2 Å². The van der Waals surface area contributed by atoms with E-state index in [1.54, 1.807) is 35.4 Å². The summed E-state index contributed by atoms with van der Waals surface area (Å²) in [6, 6.07) is 7.67. The van der Waals surface area contributed by atoms with Crippen LogP contribution in [-0.4, -0.2) is 45.0 Å². The van der Waals surface area contributed by atoms with E-state index in [9.17, 15) is 13.2 Å². The van der Waals surface area contributed by atoms with Gasteiger partial charge in [0.2, 0.25) is 0 Å². The number of nitrogens with one attached hydrogen (secondary N) is 1. The molecule has 0 aliphatic carbocycles. The van der Waals surface area contributed by atoms with Gasteiger partial charge in [0.15, 0.2) is 0 Å². The highest BCUT2D eigenvalue weighted by atomic mass is 32.2. The highest BCUT2D eigenvalue weighted by Crippen LogP contribution is 2.19. The van der Waals surface area contributed by atoms with Crippen molar-refractivity contribution in [1.82, 2.24) is 9.37 Å². The molecular formula is C16H21N3O4S2. The van der Waals surface area contributed by atoms with Crippen molar-refractivity contribution in [3.63, 3.8) is 0 Å². The third-order valence-corrected chi connectivity index (χ3v) is 6.40. The number of carbonyl (C=O) groups is 1. The smallest absolute Gasteiger partial charge is 0.321 e. The highest BCUT2D eigenvalue weighted by molar-refractivity contribution is 7.89. The van der Waals surface area contributed by atoms with Gasteiger partial charge in [-0.2, -0.15) is 0 Å². The minimum atomic E-state index is -3.70. The van der Waals surface area contributed by atoms with E-state index < -0.39 is 10.0 Å². The molecule has 0 unspecified atom stereocenters. The van der Waals surface area contributed by atoms with Gasteiger partial charge in [-0.25, -0.2) is 13.2 Å². The Balaban J connectivity index is 2.03. The SMILES string of the molecule is CON(C)S(=O)(=O)c1ccc(NC(=O)N(C)Cc2sccc2C)cc1. The maximum Gasteiger partial charge on any atom is 0.321 e. The van der Waals surface area contributed by atoms with E-state index in [0.29, 0.717) is 12.2 Å². The number of nitrogens with zero attached hydrogens (tertiary/aromatic N) is 2. The summed E-state index contributed by atoms with van der Waals surface area (Å²) >= 11 is 1.61. The van der Waals surface area contributed by atoms with Crippen LogP contribution in [0.4, 0.5) is 10.5 Å². The van der Waals surface area contributed by atoms with Gasteiger partial charge in [-0.15, -0.1) is 11.3 Å². The number of carbonyl (C=O) groups excluding carboxylic acids is 1. The van der Waals surface area contributed by atoms with Gasteiger partial charge in [0.05, 0.1) is 18.6 Å². The van der Waals surface area contributed by atoms with E-state index in [-0.39, 0.29) is 10.9 Å². The second-order valence-corrected chi connectivity index (χ2v) is 8.37. The van der Waals surface area contributed by atoms with Crippen LogP contribution in [0.5, 0.6) is 0 Å². The van der Waals surface area contributed by atoms with Gasteiger partial charge in [0.25, 0.3) is 10.0 Å². The molecular weight excluding hydrogens is 362 g/mol. The summed E-state index contributed by atoms with van der Waals surface area (Å²) in [4.78, 5) is 19.8. The van der Waals surface area contributed by atoms with E-state index >= 15 is 0 Å². The first-order valence-electron chi connectivity index (χ1n) is 7.44. The lowest BCUT2D eigenvalue weighted by atomic mass is 10.3. The van der Waals surface area contributed by atoms with E-state index in [1.807, 2.05) is 18.4 Å². The summed E-state index contributed by atoms with van der Waals surface area (Å²) in [5.41, 5.74) is 1.67. The normalized spacial score (nSPS) is 11.6. The van der Waals surface area contributed by atoms with Crippen LogP contribution in [0.15, 0.2) is 40.6 Å². The molecule has 0 bridgehead atoms. The first kappa shape index (κ1) is 19.4. The van der Waals surface area contributed by atoms with Gasteiger partial charge in [0, 0.05) is 24.7 Å². The number of urea groups is 1. The van der Waals surface area contributed by atoms with Crippen molar-refractivity contribution < 1.29 is 18.0 Å². The fourth-order valence-electron chi connectivity index (χ4n) is 2.03. The molecule has 2 aromatic rings. The van der Waals surface area contributed by atoms with E-state index in [4.69, 9.17) is 4.84 Å². The Morgan fingerprint density at radius 3 is 2.36 bits per heavy atom. The van der Waals surface area contributed by atoms with Gasteiger partial charge >= 0.3 is 6.03 Å². The van der Waals surface area contributed by atoms with E-state index in [1.165, 1.54) is 26.3 Å². The minimum Gasteiger partial charge on any atom is -0.322 e. The number of aryl methyl sites for hydroxylation is 1. The van der Waals surface area contributed by atoms with Gasteiger partial charge in [0.1, 0.15) is 0 Å². The Hall–Kier alpha value is -1.94. The summed E-state index contributed by atoms with van der Waals surface area (Å²) in [5, 5.41) is 4.74. The predicted molar refractivity (Wildman–Crippen MR) is 97.9 cm³/mol. The number of hydrogen-bond donors (Lipinski definition) is 1. The minimum absolute atomic E-state index is 0.0809. The van der Waals surface area contributed by atoms with Crippen molar-refractivity contribution >= 4 is 33.1 Å². The van der Waals surface area contributed by atoms with Crippen LogP contribution in [0.3, 0.4) is 0 Å². The Kier molecular flexibility index (Phi) is 6.17. The summed E-state index contributed by atoms with van der Waals surface area (Å²) in [6.07, 6.45) is 0. The van der Waals surface area contributed by atoms with Gasteiger partial charge in [-0.1, -0.05) is 4.47 Å². The molecule has 0 fully saturated rings. The van der Waals surface area contributed by atoms with Crippen molar-refractivity contribution in [2.24, 2.45) is 0 Å². The molecule has 1 heterocycles. The zero-order chi connectivity index (χ0) is 18.6. The molecule has 1 aromatic heterocycles. The Morgan fingerprint density at radius 1 is 1.20 bits per heavy atom. The molecule has 1 aromatic carbocycles. The Bertz CT molecular complexity index is 831. The van der Waals surface area contributed by atoms with Crippen molar-refractivity contribution in [2.75, 3.05) is 26.5 Å². The Morgan fingerprint density at radius 2 is 1.84 bits per heavy atom. The largest absolute Gasteiger partial charge is 0.322 e. The molecule has 136 valence electrons. The van der Waals surface area contributed by atoms with Crippen molar-refractivity contribution in [2.45, 2.75) is 18.4 Å². The lowest BCUT2D eigenvalue weighted by Gasteiger charge is -2.18. The molecule has 1 N–H and O–H groups in total. The van der Waals surface area contributed by atoms with Crippen LogP contribution in [0.2, 0.25) is 0 Å². The molecule has 0 saturated heterocycles. The van der Waals surface area contributed by atoms with E-state index in [0.717, 1.165) is 14.9 Å². The van der Waals surface area contributed by atoms with Crippen LogP contribution >= 0.6 is 11.3 Å². The van der Waals surface area contributed by atoms with Gasteiger partial charge in [-0.3, -0.25) is 4.84 Å². The van der Waals surface area contributed by atoms with Crippen LogP contribution in [-0.2, 0) is 21.4 Å². The third-order valence-electron chi connectivity index (χ3n) is 3.69. The summed E-state index contributed by atoms with van der Waals surface area (Å²) < 4.78 is 25.0. The number of rotatable bonds is 6. The van der Waals surface area contributed by atoms with Crippen LogP contribution in [0.25, 0.3) is 0 Å². The summed E-state index contributed by atoms with van der Waals surface area (Å²) in [5.74, 6) is 0. The molecule has 2 amide bonds. The average Bonchev–Trinajstić information content (AvgIpc) is 2.99. The monoisotopic (exact) mass is 383 g/mol. The zero-order valence-electron chi connectivity index (χ0n) is 14.5. The van der Waals surface area contributed by atoms with E-state index in [2.05, 4.69) is 5.32 Å². The number of anilines is 1. The first-order valence-corrected chi connectivity index (χ1v) is 9.76. The van der Waals surface area contributed by atoms with Crippen molar-refractivity contribution in [3.8, 4) is 0 Å². The standard InChI is InChI=1S/C16H21N3O4S2/c1-12-9-10-24-15(12)11-18(2)16(20)17-13-5-7-14(8-6-13)25(21,22)19(3)23-4/h5-10H,11H2,1-4H3,(H,17,20). The second kappa shape index (κ2) is 7.96. The fraction of sp³-hybridized carbons (Fsp3) is 0.312. The predicted octanol–water partition coefficient (Wildman–Crippen LogP) is 2.90. The quantitative estimate of drug-likeness (QED) is 0.778. The number of hydrogen-bond acceptors (Lipinski definition) is 5. The van der Waals surface area contributed by atoms with Crippen LogP contribution in [0.1, 0.15) is 10.4 Å². The lowest BCUT2D eigenvalue weighted by Crippen LogP contribution is -2.30. The molecule has 9 heteroatoms. The molecule has 7 nitrogen and oxygen atoms in total. The maximum absolute atomic E-state index is 12.3. The molecule has 0 radical (unpaired) electrons. The molecule has 0 aliphatic heterocycles. The summed E-state index contributed by atoms with van der Waals surface area (Å²) in [6.45, 7) is 2.52. The highest BCUT2D eigenvalue weighted by Gasteiger charge is 2.20. The van der Waals surface area contributed by atoms with Gasteiger partial charge < -0.3 is 10.2 Å². The number of sulfonamides is 1. The van der Waals surface area contributed by atoms with Crippen LogP contribution < -0.4 is 5.32 Å². The fourth-order valence-corrected chi connectivity index (χ4v) is 3.96. The van der Waals surface area contributed by atoms with Crippen molar-refractivity contribution in [1.29, 1.82) is 0 Å². The number of thiophene rings is 1. The molecule has 25 heavy (non-hydrogen) atoms. The molecule has 2 rings (SSSR count). The molecule has 0 aliphatic rings. The third kappa shape index (κ3) is 4.57. The van der Waals surface area contributed by atoms with Gasteiger partial charge in [-0.05, 0) is 48.2 Å². The number of benzene rings is 1. The molecule has 0 atom stereocenters. The zero-order valence-corrected chi connectivity index (χ0v) is 16.1. The summed E-state index contributed by atoms with van der Waals surface area (Å²) in [7, 11) is 0.596. The topological polar surface area (TPSA) is 79.0 Å². The first-order chi connectivity index (χ1) is 11.8. The molecule has 0 spiro atoms. The Labute approximate surface area is 151 Å².